The van der Waals surface area contributed by atoms with Crippen molar-refractivity contribution in [3.05, 3.63) is 34.6 Å². The van der Waals surface area contributed by atoms with E-state index in [1.54, 1.807) is 6.07 Å². The minimum atomic E-state index is -0.768. The van der Waals surface area contributed by atoms with Gasteiger partial charge in [-0.05, 0) is 37.1 Å². The van der Waals surface area contributed by atoms with Crippen LogP contribution in [0.25, 0.3) is 0 Å². The maximum absolute atomic E-state index is 13.6. The predicted octanol–water partition coefficient (Wildman–Crippen LogP) is 2.78. The summed E-state index contributed by atoms with van der Waals surface area (Å²) in [6.45, 7) is 2.00. The number of benzene rings is 1. The molecule has 3 nitrogen and oxygen atoms in total. The molecule has 1 atom stereocenters. The van der Waals surface area contributed by atoms with Gasteiger partial charge in [-0.3, -0.25) is 9.69 Å². The molecule has 0 spiro atoms. The van der Waals surface area contributed by atoms with Gasteiger partial charge in [-0.1, -0.05) is 11.6 Å². The monoisotopic (exact) mass is 271 g/mol. The van der Waals surface area contributed by atoms with Crippen LogP contribution in [0, 0.1) is 11.7 Å². The summed E-state index contributed by atoms with van der Waals surface area (Å²) < 4.78 is 13.6. The van der Waals surface area contributed by atoms with E-state index >= 15 is 0 Å². The fraction of sp³-hybridized carbons (Fsp3) is 0.462. The largest absolute Gasteiger partial charge is 0.481 e. The minimum Gasteiger partial charge on any atom is -0.481 e. The Labute approximate surface area is 110 Å². The molecule has 0 saturated carbocycles. The van der Waals surface area contributed by atoms with Crippen molar-refractivity contribution >= 4 is 17.6 Å². The van der Waals surface area contributed by atoms with Crippen molar-refractivity contribution in [3.8, 4) is 0 Å². The first kappa shape index (κ1) is 13.3. The van der Waals surface area contributed by atoms with E-state index < -0.39 is 5.97 Å². The summed E-state index contributed by atoms with van der Waals surface area (Å²) in [5.74, 6) is -0.860. The fourth-order valence-electron chi connectivity index (χ4n) is 2.38. The van der Waals surface area contributed by atoms with Gasteiger partial charge in [0.15, 0.2) is 0 Å². The Morgan fingerprint density at radius 1 is 1.56 bits per heavy atom. The second-order valence-corrected chi connectivity index (χ2v) is 5.16. The smallest absolute Gasteiger partial charge is 0.303 e. The summed E-state index contributed by atoms with van der Waals surface area (Å²) in [6.07, 6.45) is 1.04. The molecule has 2 rings (SSSR count). The number of halogens is 2. The van der Waals surface area contributed by atoms with Crippen LogP contribution in [0.2, 0.25) is 5.02 Å². The molecule has 5 heteroatoms. The number of rotatable bonds is 4. The number of aliphatic carboxylic acids is 1. The molecule has 1 saturated heterocycles. The summed E-state index contributed by atoms with van der Waals surface area (Å²) >= 11 is 5.84. The van der Waals surface area contributed by atoms with Crippen LogP contribution in [-0.2, 0) is 11.3 Å². The predicted molar refractivity (Wildman–Crippen MR) is 67.0 cm³/mol. The maximum Gasteiger partial charge on any atom is 0.303 e. The number of carboxylic acids is 1. The molecule has 1 unspecified atom stereocenters. The molecular weight excluding hydrogens is 257 g/mol. The number of carboxylic acid groups (broad SMARTS) is 1. The van der Waals surface area contributed by atoms with Gasteiger partial charge < -0.3 is 5.11 Å². The Kier molecular flexibility index (Phi) is 4.19. The first-order valence-corrected chi connectivity index (χ1v) is 6.30. The Hall–Kier alpha value is -1.13. The maximum atomic E-state index is 13.6. The van der Waals surface area contributed by atoms with Gasteiger partial charge in [0.2, 0.25) is 0 Å². The molecule has 98 valence electrons. The highest BCUT2D eigenvalue weighted by molar-refractivity contribution is 6.30. The molecule has 0 amide bonds. The third-order valence-corrected chi connectivity index (χ3v) is 3.47. The van der Waals surface area contributed by atoms with E-state index in [1.807, 2.05) is 0 Å². The van der Waals surface area contributed by atoms with Crippen molar-refractivity contribution in [2.45, 2.75) is 19.4 Å². The van der Waals surface area contributed by atoms with Gasteiger partial charge >= 0.3 is 5.97 Å². The fourth-order valence-corrected chi connectivity index (χ4v) is 2.57. The van der Waals surface area contributed by atoms with Gasteiger partial charge in [0.05, 0.1) is 0 Å². The lowest BCUT2D eigenvalue weighted by molar-refractivity contribution is -0.138. The highest BCUT2D eigenvalue weighted by Gasteiger charge is 2.24. The molecule has 18 heavy (non-hydrogen) atoms. The molecule has 1 heterocycles. The van der Waals surface area contributed by atoms with E-state index in [9.17, 15) is 9.18 Å². The minimum absolute atomic E-state index is 0.171. The highest BCUT2D eigenvalue weighted by atomic mass is 35.5. The van der Waals surface area contributed by atoms with Gasteiger partial charge in [-0.15, -0.1) is 0 Å². The number of hydrogen-bond acceptors (Lipinski definition) is 2. The molecule has 0 radical (unpaired) electrons. The molecular formula is C13H15ClFNO2. The summed E-state index contributed by atoms with van der Waals surface area (Å²) in [4.78, 5) is 12.7. The van der Waals surface area contributed by atoms with Gasteiger partial charge in [0.1, 0.15) is 5.82 Å². The van der Waals surface area contributed by atoms with Crippen molar-refractivity contribution in [1.29, 1.82) is 0 Å². The molecule has 1 aliphatic rings. The van der Waals surface area contributed by atoms with E-state index in [0.29, 0.717) is 23.7 Å². The lowest BCUT2D eigenvalue weighted by Crippen LogP contribution is -2.21. The van der Waals surface area contributed by atoms with Crippen LogP contribution in [0.1, 0.15) is 18.4 Å². The van der Waals surface area contributed by atoms with E-state index in [-0.39, 0.29) is 18.2 Å². The Balaban J connectivity index is 1.95. The van der Waals surface area contributed by atoms with E-state index in [2.05, 4.69) is 4.90 Å². The van der Waals surface area contributed by atoms with Crippen LogP contribution in [0.5, 0.6) is 0 Å². The molecule has 1 aliphatic heterocycles. The van der Waals surface area contributed by atoms with Crippen molar-refractivity contribution in [2.24, 2.45) is 5.92 Å². The number of nitrogens with zero attached hydrogens (tertiary/aromatic N) is 1. The normalized spacial score (nSPS) is 20.2. The van der Waals surface area contributed by atoms with Crippen molar-refractivity contribution < 1.29 is 14.3 Å². The first-order chi connectivity index (χ1) is 8.54. The van der Waals surface area contributed by atoms with Crippen molar-refractivity contribution in [1.82, 2.24) is 4.90 Å². The average Bonchev–Trinajstić information content (AvgIpc) is 2.70. The molecule has 0 bridgehead atoms. The SMILES string of the molecule is O=C(O)CC1CCN(Cc2cc(Cl)ccc2F)C1. The second kappa shape index (κ2) is 5.67. The van der Waals surface area contributed by atoms with Gasteiger partial charge in [-0.2, -0.15) is 0 Å². The second-order valence-electron chi connectivity index (χ2n) is 4.72. The average molecular weight is 272 g/mol. The molecule has 1 N–H and O–H groups in total. The molecule has 0 aromatic heterocycles. The summed E-state index contributed by atoms with van der Waals surface area (Å²) in [5.41, 5.74) is 0.568. The Bertz CT molecular complexity index is 453. The third kappa shape index (κ3) is 3.43. The molecule has 1 fully saturated rings. The van der Waals surface area contributed by atoms with Gasteiger partial charge in [0, 0.05) is 30.1 Å². The lowest BCUT2D eigenvalue weighted by atomic mass is 10.1. The van der Waals surface area contributed by atoms with E-state index in [0.717, 1.165) is 13.0 Å². The Morgan fingerprint density at radius 3 is 3.06 bits per heavy atom. The van der Waals surface area contributed by atoms with Crippen molar-refractivity contribution in [2.75, 3.05) is 13.1 Å². The van der Waals surface area contributed by atoms with Crippen LogP contribution in [0.4, 0.5) is 4.39 Å². The van der Waals surface area contributed by atoms with E-state index in [4.69, 9.17) is 16.7 Å². The standard InChI is InChI=1S/C13H15ClFNO2/c14-11-1-2-12(15)10(6-11)8-16-4-3-9(7-16)5-13(17)18/h1-2,6,9H,3-5,7-8H2,(H,17,18). The highest BCUT2D eigenvalue weighted by Crippen LogP contribution is 2.23. The third-order valence-electron chi connectivity index (χ3n) is 3.23. The zero-order chi connectivity index (χ0) is 13.1. The van der Waals surface area contributed by atoms with Crippen LogP contribution >= 0.6 is 11.6 Å². The van der Waals surface area contributed by atoms with Crippen LogP contribution in [0.15, 0.2) is 18.2 Å². The van der Waals surface area contributed by atoms with Gasteiger partial charge in [-0.25, -0.2) is 4.39 Å². The first-order valence-electron chi connectivity index (χ1n) is 5.92. The topological polar surface area (TPSA) is 40.5 Å². The summed E-state index contributed by atoms with van der Waals surface area (Å²) in [5, 5.41) is 9.26. The zero-order valence-electron chi connectivity index (χ0n) is 9.90. The number of hydrogen-bond donors (Lipinski definition) is 1. The Morgan fingerprint density at radius 2 is 2.33 bits per heavy atom. The number of carbonyl (C=O) groups is 1. The molecule has 0 aliphatic carbocycles. The van der Waals surface area contributed by atoms with E-state index in [1.165, 1.54) is 12.1 Å². The summed E-state index contributed by atoms with van der Waals surface area (Å²) in [6, 6.07) is 4.52. The molecule has 1 aromatic carbocycles. The van der Waals surface area contributed by atoms with Gasteiger partial charge in [0.25, 0.3) is 0 Å². The zero-order valence-corrected chi connectivity index (χ0v) is 10.7. The van der Waals surface area contributed by atoms with Crippen LogP contribution in [-0.4, -0.2) is 29.1 Å². The van der Waals surface area contributed by atoms with Crippen LogP contribution < -0.4 is 0 Å². The quantitative estimate of drug-likeness (QED) is 0.915. The molecule has 1 aromatic rings. The van der Waals surface area contributed by atoms with Crippen molar-refractivity contribution in [3.63, 3.8) is 0 Å². The number of likely N-dealkylation sites (tertiary alicyclic amines) is 1. The lowest BCUT2D eigenvalue weighted by Gasteiger charge is -2.16. The van der Waals surface area contributed by atoms with Crippen LogP contribution in [0.3, 0.4) is 0 Å². The summed E-state index contributed by atoms with van der Waals surface area (Å²) in [7, 11) is 0.